The number of nitro groups is 1. The van der Waals surface area contributed by atoms with Crippen LogP contribution in [0.3, 0.4) is 0 Å². The minimum absolute atomic E-state index is 0.0618. The lowest BCUT2D eigenvalue weighted by Crippen LogP contribution is -2.44. The molecule has 5 rings (SSSR count). The highest BCUT2D eigenvalue weighted by Crippen LogP contribution is 2.47. The van der Waals surface area contributed by atoms with Gasteiger partial charge in [0.15, 0.2) is 5.78 Å². The largest absolute Gasteiger partial charge is 0.346 e. The molecule has 144 valence electrons. The zero-order chi connectivity index (χ0) is 20.0. The van der Waals surface area contributed by atoms with Gasteiger partial charge in [0.25, 0.3) is 0 Å². The van der Waals surface area contributed by atoms with E-state index in [0.29, 0.717) is 4.88 Å². The Hall–Kier alpha value is -3.25. The van der Waals surface area contributed by atoms with Crippen LogP contribution in [0.1, 0.15) is 26.7 Å². The summed E-state index contributed by atoms with van der Waals surface area (Å²) in [6, 6.07) is 18.8. The Labute approximate surface area is 172 Å². The molecule has 1 aromatic heterocycles. The number of nitrogens with zero attached hydrogens (tertiary/aromatic N) is 2. The minimum atomic E-state index is -0.907. The van der Waals surface area contributed by atoms with Crippen LogP contribution in [-0.4, -0.2) is 28.8 Å². The maximum absolute atomic E-state index is 13.6. The van der Waals surface area contributed by atoms with Gasteiger partial charge in [-0.1, -0.05) is 66.7 Å². The Kier molecular flexibility index (Phi) is 4.28. The SMILES string of the molecule is O=C(c1cccs1)[C@@H]1[C@H](c2ccccc2)[C@@H]([N+](=O)[O-])[C@@H]2C=Cc3ccccc3N12. The average Bonchev–Trinajstić information content (AvgIpc) is 3.40. The molecule has 4 atom stereocenters. The Morgan fingerprint density at radius 3 is 2.48 bits per heavy atom. The molecule has 29 heavy (non-hydrogen) atoms. The van der Waals surface area contributed by atoms with Crippen LogP contribution in [0.5, 0.6) is 0 Å². The second-order valence-electron chi connectivity index (χ2n) is 7.31. The van der Waals surface area contributed by atoms with E-state index in [1.807, 2.05) is 83.1 Å². The van der Waals surface area contributed by atoms with Crippen molar-refractivity contribution in [3.05, 3.63) is 104 Å². The molecule has 2 aromatic carbocycles. The van der Waals surface area contributed by atoms with Crippen LogP contribution >= 0.6 is 11.3 Å². The summed E-state index contributed by atoms with van der Waals surface area (Å²) in [6.45, 7) is 0. The molecule has 2 aliphatic heterocycles. The predicted octanol–water partition coefficient (Wildman–Crippen LogP) is 4.64. The molecule has 2 aliphatic rings. The Morgan fingerprint density at radius 2 is 1.76 bits per heavy atom. The second kappa shape index (κ2) is 6.97. The lowest BCUT2D eigenvalue weighted by molar-refractivity contribution is -0.524. The Bertz CT molecular complexity index is 1090. The van der Waals surface area contributed by atoms with Crippen molar-refractivity contribution in [2.45, 2.75) is 24.0 Å². The molecule has 6 heteroatoms. The van der Waals surface area contributed by atoms with Crippen molar-refractivity contribution < 1.29 is 9.72 Å². The summed E-state index contributed by atoms with van der Waals surface area (Å²) in [6.07, 6.45) is 3.82. The highest BCUT2D eigenvalue weighted by atomic mass is 32.1. The number of ketones is 1. The number of hydrogen-bond donors (Lipinski definition) is 0. The first-order valence-corrected chi connectivity index (χ1v) is 10.4. The number of carbonyl (C=O) groups is 1. The highest BCUT2D eigenvalue weighted by molar-refractivity contribution is 7.12. The quantitative estimate of drug-likeness (QED) is 0.362. The lowest BCUT2D eigenvalue weighted by atomic mass is 9.85. The Balaban J connectivity index is 1.73. The van der Waals surface area contributed by atoms with Crippen molar-refractivity contribution >= 4 is 28.9 Å². The zero-order valence-corrected chi connectivity index (χ0v) is 16.2. The van der Waals surface area contributed by atoms with Gasteiger partial charge in [0.1, 0.15) is 12.1 Å². The molecule has 5 nitrogen and oxygen atoms in total. The van der Waals surface area contributed by atoms with E-state index >= 15 is 0 Å². The number of rotatable bonds is 4. The molecule has 3 heterocycles. The number of hydrogen-bond acceptors (Lipinski definition) is 5. The van der Waals surface area contributed by atoms with Crippen molar-refractivity contribution in [1.82, 2.24) is 0 Å². The number of thiophene rings is 1. The van der Waals surface area contributed by atoms with Crippen molar-refractivity contribution in [2.75, 3.05) is 4.90 Å². The maximum atomic E-state index is 13.6. The summed E-state index contributed by atoms with van der Waals surface area (Å²) in [5.74, 6) is -0.602. The van der Waals surface area contributed by atoms with Gasteiger partial charge in [0, 0.05) is 10.6 Å². The number of Topliss-reactive ketones (excluding diaryl/α,β-unsaturated/α-hetero) is 1. The highest BCUT2D eigenvalue weighted by Gasteiger charge is 2.58. The van der Waals surface area contributed by atoms with E-state index in [4.69, 9.17) is 0 Å². The van der Waals surface area contributed by atoms with Crippen LogP contribution < -0.4 is 4.90 Å². The van der Waals surface area contributed by atoms with Crippen LogP contribution in [0.25, 0.3) is 6.08 Å². The van der Waals surface area contributed by atoms with Gasteiger partial charge in [-0.3, -0.25) is 14.9 Å². The number of para-hydroxylation sites is 1. The molecule has 3 aromatic rings. The van der Waals surface area contributed by atoms with Gasteiger partial charge >= 0.3 is 0 Å². The van der Waals surface area contributed by atoms with Crippen molar-refractivity contribution in [1.29, 1.82) is 0 Å². The minimum Gasteiger partial charge on any atom is -0.346 e. The summed E-state index contributed by atoms with van der Waals surface area (Å²) in [5, 5.41) is 14.1. The summed E-state index contributed by atoms with van der Waals surface area (Å²) in [5.41, 5.74) is 2.67. The van der Waals surface area contributed by atoms with E-state index in [2.05, 4.69) is 0 Å². The van der Waals surface area contributed by atoms with Gasteiger partial charge in [0.05, 0.1) is 10.8 Å². The molecule has 0 spiro atoms. The predicted molar refractivity (Wildman–Crippen MR) is 114 cm³/mol. The van der Waals surface area contributed by atoms with E-state index in [1.54, 1.807) is 6.07 Å². The molecule has 0 unspecified atom stereocenters. The second-order valence-corrected chi connectivity index (χ2v) is 8.26. The average molecular weight is 402 g/mol. The fourth-order valence-electron chi connectivity index (χ4n) is 4.67. The van der Waals surface area contributed by atoms with Gasteiger partial charge in [-0.15, -0.1) is 11.3 Å². The maximum Gasteiger partial charge on any atom is 0.245 e. The topological polar surface area (TPSA) is 63.4 Å². The van der Waals surface area contributed by atoms with Gasteiger partial charge in [0.2, 0.25) is 6.04 Å². The fraction of sp³-hybridized carbons (Fsp3) is 0.174. The normalized spacial score (nSPS) is 24.8. The molecule has 0 amide bonds. The monoisotopic (exact) mass is 402 g/mol. The lowest BCUT2D eigenvalue weighted by Gasteiger charge is -2.34. The molecule has 0 N–H and O–H groups in total. The summed E-state index contributed by atoms with van der Waals surface area (Å²) in [4.78, 5) is 28.3. The number of anilines is 1. The van der Waals surface area contributed by atoms with Crippen LogP contribution in [-0.2, 0) is 0 Å². The van der Waals surface area contributed by atoms with Gasteiger partial charge < -0.3 is 4.90 Å². The van der Waals surface area contributed by atoms with E-state index in [9.17, 15) is 14.9 Å². The smallest absolute Gasteiger partial charge is 0.245 e. The standard InChI is InChI=1S/C23H18N2O3S/c26-23(19-11-6-14-29-19)22-20(16-8-2-1-3-9-16)21(25(27)28)18-13-12-15-7-4-5-10-17(15)24(18)22/h1-14,18,20-22H/t18-,20+,21-,22-/m0/s1. The van der Waals surface area contributed by atoms with Crippen molar-refractivity contribution in [3.8, 4) is 0 Å². The molecule has 0 bridgehead atoms. The number of carbonyl (C=O) groups excluding carboxylic acids is 1. The van der Waals surface area contributed by atoms with Crippen molar-refractivity contribution in [2.24, 2.45) is 0 Å². The van der Waals surface area contributed by atoms with E-state index < -0.39 is 24.0 Å². The third-order valence-corrected chi connectivity index (χ3v) is 6.71. The molecule has 0 saturated carbocycles. The van der Waals surface area contributed by atoms with E-state index in [1.165, 1.54) is 11.3 Å². The molecule has 0 aliphatic carbocycles. The van der Waals surface area contributed by atoms with Crippen LogP contribution in [0.4, 0.5) is 5.69 Å². The zero-order valence-electron chi connectivity index (χ0n) is 15.4. The van der Waals surface area contributed by atoms with Crippen LogP contribution in [0, 0.1) is 10.1 Å². The Morgan fingerprint density at radius 1 is 1.00 bits per heavy atom. The third kappa shape index (κ3) is 2.79. The van der Waals surface area contributed by atoms with E-state index in [0.717, 1.165) is 16.8 Å². The number of fused-ring (bicyclic) bond motifs is 3. The first-order chi connectivity index (χ1) is 14.2. The fourth-order valence-corrected chi connectivity index (χ4v) is 5.37. The van der Waals surface area contributed by atoms with E-state index in [-0.39, 0.29) is 10.7 Å². The third-order valence-electron chi connectivity index (χ3n) is 5.83. The molecule has 1 fully saturated rings. The molecule has 0 radical (unpaired) electrons. The van der Waals surface area contributed by atoms with Gasteiger partial charge in [-0.2, -0.15) is 0 Å². The summed E-state index contributed by atoms with van der Waals surface area (Å²) >= 11 is 1.38. The first-order valence-electron chi connectivity index (χ1n) is 9.48. The molecule has 1 saturated heterocycles. The molecular formula is C23H18N2O3S. The summed E-state index contributed by atoms with van der Waals surface area (Å²) in [7, 11) is 0. The summed E-state index contributed by atoms with van der Waals surface area (Å²) < 4.78 is 0. The van der Waals surface area contributed by atoms with Crippen molar-refractivity contribution in [3.63, 3.8) is 0 Å². The molecular weight excluding hydrogens is 384 g/mol. The number of benzene rings is 2. The van der Waals surface area contributed by atoms with Gasteiger partial charge in [-0.25, -0.2) is 0 Å². The van der Waals surface area contributed by atoms with Gasteiger partial charge in [-0.05, 0) is 28.6 Å². The first kappa shape index (κ1) is 17.8. The van der Waals surface area contributed by atoms with Crippen LogP contribution in [0.15, 0.2) is 78.2 Å². The van der Waals surface area contributed by atoms with Crippen LogP contribution in [0.2, 0.25) is 0 Å².